The van der Waals surface area contributed by atoms with Crippen molar-refractivity contribution in [3.8, 4) is 0 Å². The topological polar surface area (TPSA) is 130 Å². The van der Waals surface area contributed by atoms with Gasteiger partial charge in [-0.1, -0.05) is 78.9 Å². The molecule has 0 aliphatic carbocycles. The van der Waals surface area contributed by atoms with Gasteiger partial charge in [-0.2, -0.15) is 0 Å². The maximum Gasteiger partial charge on any atom is 0.272 e. The van der Waals surface area contributed by atoms with Crippen LogP contribution in [0.1, 0.15) is 26.7 Å². The lowest BCUT2D eigenvalue weighted by molar-refractivity contribution is -0.384. The van der Waals surface area contributed by atoms with Crippen LogP contribution in [0.15, 0.2) is 162 Å². The van der Waals surface area contributed by atoms with Crippen LogP contribution in [0.4, 0.5) is 17.1 Å². The van der Waals surface area contributed by atoms with Gasteiger partial charge in [-0.05, 0) is 88.6 Å². The van der Waals surface area contributed by atoms with Crippen molar-refractivity contribution in [2.75, 3.05) is 10.6 Å². The minimum absolute atomic E-state index is 0.0549. The van der Waals surface area contributed by atoms with Crippen LogP contribution in [0.25, 0.3) is 16.8 Å². The van der Waals surface area contributed by atoms with E-state index in [1.807, 2.05) is 84.9 Å². The van der Waals surface area contributed by atoms with Crippen molar-refractivity contribution in [3.63, 3.8) is 0 Å². The van der Waals surface area contributed by atoms with E-state index >= 15 is 0 Å². The number of carbonyl (C=O) groups is 3. The van der Waals surface area contributed by atoms with E-state index in [4.69, 9.17) is 0 Å². The van der Waals surface area contributed by atoms with Gasteiger partial charge in [0, 0.05) is 34.0 Å². The van der Waals surface area contributed by atoms with Gasteiger partial charge in [-0.15, -0.1) is 11.8 Å². The molecule has 3 N–H and O–H groups in total. The smallest absolute Gasteiger partial charge is 0.272 e. The molecule has 6 aromatic rings. The number of fused-ring (bicyclic) bond motifs is 1. The van der Waals surface area contributed by atoms with E-state index in [1.54, 1.807) is 42.5 Å². The fourth-order valence-electron chi connectivity index (χ4n) is 5.13. The Kier molecular flexibility index (Phi) is 10.4. The number of carbonyl (C=O) groups excluding carboxylic acids is 3. The van der Waals surface area contributed by atoms with Crippen molar-refractivity contribution >= 4 is 63.4 Å². The van der Waals surface area contributed by atoms with Crippen LogP contribution < -0.4 is 16.0 Å². The predicted octanol–water partition coefficient (Wildman–Crippen LogP) is 8.63. The fourth-order valence-corrected chi connectivity index (χ4v) is 6.15. The van der Waals surface area contributed by atoms with Gasteiger partial charge in [-0.25, -0.2) is 0 Å². The lowest BCUT2D eigenvalue weighted by Crippen LogP contribution is -2.30. The van der Waals surface area contributed by atoms with Crippen LogP contribution >= 0.6 is 11.8 Å². The first-order chi connectivity index (χ1) is 24.3. The Labute approximate surface area is 292 Å². The minimum atomic E-state index is -0.593. The molecule has 246 valence electrons. The molecular weight excluding hydrogens is 649 g/mol. The molecule has 6 rings (SSSR count). The summed E-state index contributed by atoms with van der Waals surface area (Å²) in [5.74, 6) is -1.26. The van der Waals surface area contributed by atoms with Gasteiger partial charge in [0.15, 0.2) is 0 Å². The van der Waals surface area contributed by atoms with Gasteiger partial charge in [0.2, 0.25) is 5.91 Å². The number of hydrogen-bond acceptors (Lipinski definition) is 6. The molecule has 0 saturated heterocycles. The number of nitrogens with one attached hydrogen (secondary N) is 3. The summed E-state index contributed by atoms with van der Waals surface area (Å²) >= 11 is 1.38. The van der Waals surface area contributed by atoms with Crippen molar-refractivity contribution in [1.82, 2.24) is 5.32 Å². The number of hydrogen-bond donors (Lipinski definition) is 3. The molecule has 10 heteroatoms. The van der Waals surface area contributed by atoms with E-state index in [9.17, 15) is 24.5 Å². The molecule has 0 spiro atoms. The number of nitro benzene ring substituents is 1. The summed E-state index contributed by atoms with van der Waals surface area (Å²) in [6.07, 6.45) is 1.45. The Hall–Kier alpha value is -6.52. The molecule has 50 heavy (non-hydrogen) atoms. The van der Waals surface area contributed by atoms with Crippen LogP contribution in [0.5, 0.6) is 0 Å². The average Bonchev–Trinajstić information content (AvgIpc) is 3.15. The summed E-state index contributed by atoms with van der Waals surface area (Å²) in [5, 5.41) is 21.2. The van der Waals surface area contributed by atoms with Gasteiger partial charge >= 0.3 is 0 Å². The Morgan fingerprint density at radius 3 is 1.96 bits per heavy atom. The molecule has 0 aliphatic heterocycles. The molecule has 0 aromatic heterocycles. The number of anilines is 2. The van der Waals surface area contributed by atoms with Gasteiger partial charge in [-0.3, -0.25) is 24.5 Å². The number of benzene rings is 6. The number of nitrogens with zero attached hydrogens (tertiary/aromatic N) is 1. The monoisotopic (exact) mass is 678 g/mol. The molecule has 6 aromatic carbocycles. The standard InChI is InChI=1S/C40H30N4O5S/c45-38(30-12-5-2-6-13-30)43-36(25-27-15-21-34(22-16-27)44(48)49)39(46)41-32-19-23-35(24-20-32)50-37(29-10-3-1-4-11-29)40(47)42-33-18-17-28-9-7-8-14-31(28)26-33/h1-26,37H,(H,41,46)(H,42,47)(H,43,45)/b36-25-. The third-order valence-corrected chi connectivity index (χ3v) is 8.93. The molecule has 0 fully saturated rings. The lowest BCUT2D eigenvalue weighted by Gasteiger charge is -2.18. The average molecular weight is 679 g/mol. The van der Waals surface area contributed by atoms with E-state index in [2.05, 4.69) is 16.0 Å². The van der Waals surface area contributed by atoms with Gasteiger partial charge < -0.3 is 16.0 Å². The van der Waals surface area contributed by atoms with E-state index in [1.165, 1.54) is 42.1 Å². The van der Waals surface area contributed by atoms with E-state index in [-0.39, 0.29) is 17.3 Å². The zero-order chi connectivity index (χ0) is 34.9. The highest BCUT2D eigenvalue weighted by Crippen LogP contribution is 2.37. The molecule has 0 saturated carbocycles. The van der Waals surface area contributed by atoms with Gasteiger partial charge in [0.05, 0.1) is 4.92 Å². The van der Waals surface area contributed by atoms with Gasteiger partial charge in [0.25, 0.3) is 17.5 Å². The lowest BCUT2D eigenvalue weighted by atomic mass is 10.1. The van der Waals surface area contributed by atoms with Crippen LogP contribution in [0, 0.1) is 10.1 Å². The fraction of sp³-hybridized carbons (Fsp3) is 0.0250. The highest BCUT2D eigenvalue weighted by molar-refractivity contribution is 8.00. The second-order valence-corrected chi connectivity index (χ2v) is 12.3. The zero-order valence-electron chi connectivity index (χ0n) is 26.5. The van der Waals surface area contributed by atoms with Crippen molar-refractivity contribution in [3.05, 3.63) is 184 Å². The van der Waals surface area contributed by atoms with Crippen molar-refractivity contribution < 1.29 is 19.3 Å². The summed E-state index contributed by atoms with van der Waals surface area (Å²) in [6.45, 7) is 0. The Bertz CT molecular complexity index is 2190. The van der Waals surface area contributed by atoms with Crippen molar-refractivity contribution in [2.45, 2.75) is 10.1 Å². The van der Waals surface area contributed by atoms with Crippen LogP contribution in [-0.2, 0) is 9.59 Å². The Morgan fingerprint density at radius 1 is 0.660 bits per heavy atom. The summed E-state index contributed by atoms with van der Waals surface area (Å²) in [6, 6.07) is 44.4. The molecule has 3 amide bonds. The Morgan fingerprint density at radius 2 is 1.28 bits per heavy atom. The summed E-state index contributed by atoms with van der Waals surface area (Å²) in [4.78, 5) is 51.5. The summed E-state index contributed by atoms with van der Waals surface area (Å²) in [5.41, 5.74) is 2.68. The molecule has 0 bridgehead atoms. The first kappa shape index (κ1) is 33.4. The molecule has 0 heterocycles. The SMILES string of the molecule is O=C(Nc1ccc(SC(C(=O)Nc2ccc3ccccc3c2)c2ccccc2)cc1)/C(=C/c1ccc([N+](=O)[O-])cc1)NC(=O)c1ccccc1. The van der Waals surface area contributed by atoms with Crippen LogP contribution in [0.3, 0.4) is 0 Å². The first-order valence-electron chi connectivity index (χ1n) is 15.6. The largest absolute Gasteiger partial charge is 0.325 e. The number of non-ortho nitro benzene ring substituents is 1. The minimum Gasteiger partial charge on any atom is -0.325 e. The zero-order valence-corrected chi connectivity index (χ0v) is 27.3. The van der Waals surface area contributed by atoms with E-state index in [0.29, 0.717) is 22.5 Å². The van der Waals surface area contributed by atoms with Crippen LogP contribution in [0.2, 0.25) is 0 Å². The maximum absolute atomic E-state index is 13.7. The summed E-state index contributed by atoms with van der Waals surface area (Å²) in [7, 11) is 0. The molecule has 1 atom stereocenters. The highest BCUT2D eigenvalue weighted by atomic mass is 32.2. The van der Waals surface area contributed by atoms with E-state index < -0.39 is 22.0 Å². The quantitative estimate of drug-likeness (QED) is 0.0544. The van der Waals surface area contributed by atoms with Crippen molar-refractivity contribution in [2.24, 2.45) is 0 Å². The number of rotatable bonds is 11. The molecule has 9 nitrogen and oxygen atoms in total. The number of thioether (sulfide) groups is 1. The molecule has 1 unspecified atom stereocenters. The van der Waals surface area contributed by atoms with Gasteiger partial charge in [0.1, 0.15) is 10.9 Å². The normalized spacial score (nSPS) is 11.7. The molecule has 0 radical (unpaired) electrons. The number of amides is 3. The third-order valence-electron chi connectivity index (χ3n) is 7.67. The molecular formula is C40H30N4O5S. The van der Waals surface area contributed by atoms with E-state index in [0.717, 1.165) is 21.2 Å². The Balaban J connectivity index is 1.19. The third kappa shape index (κ3) is 8.49. The first-order valence-corrected chi connectivity index (χ1v) is 16.5. The second kappa shape index (κ2) is 15.6. The highest BCUT2D eigenvalue weighted by Gasteiger charge is 2.23. The predicted molar refractivity (Wildman–Crippen MR) is 198 cm³/mol. The molecule has 0 aliphatic rings. The summed E-state index contributed by atoms with van der Waals surface area (Å²) < 4.78 is 0. The second-order valence-electron chi connectivity index (χ2n) is 11.2. The maximum atomic E-state index is 13.7. The van der Waals surface area contributed by atoms with Crippen molar-refractivity contribution in [1.29, 1.82) is 0 Å². The number of nitro groups is 1. The van der Waals surface area contributed by atoms with Crippen LogP contribution in [-0.4, -0.2) is 22.6 Å².